The summed E-state index contributed by atoms with van der Waals surface area (Å²) >= 11 is 0. The Morgan fingerprint density at radius 2 is 1.52 bits per heavy atom. The van der Waals surface area contributed by atoms with Crippen LogP contribution < -0.4 is 4.84 Å². The third-order valence-electron chi connectivity index (χ3n) is 3.87. The van der Waals surface area contributed by atoms with Crippen LogP contribution in [0.25, 0.3) is 10.8 Å². The number of rotatable bonds is 4. The molecule has 23 heavy (non-hydrogen) atoms. The van der Waals surface area contributed by atoms with E-state index in [-0.39, 0.29) is 11.8 Å². The molecule has 0 fully saturated rings. The number of aromatic hydroxyl groups is 2. The molecule has 3 rings (SSSR count). The van der Waals surface area contributed by atoms with Crippen molar-refractivity contribution in [2.45, 2.75) is 19.3 Å². The van der Waals surface area contributed by atoms with Gasteiger partial charge in [-0.1, -0.05) is 49.4 Å². The maximum atomic E-state index is 12.5. The van der Waals surface area contributed by atoms with Crippen molar-refractivity contribution >= 4 is 16.7 Å². The summed E-state index contributed by atoms with van der Waals surface area (Å²) in [4.78, 5) is 17.7. The number of nitrogens with zero attached hydrogens (tertiary/aromatic N) is 1. The molecular formula is C18H17NO4. The zero-order valence-corrected chi connectivity index (χ0v) is 12.6. The number of aromatic nitrogens is 1. The lowest BCUT2D eigenvalue weighted by Gasteiger charge is -2.15. The lowest BCUT2D eigenvalue weighted by Crippen LogP contribution is -2.25. The summed E-state index contributed by atoms with van der Waals surface area (Å²) in [6, 6.07) is 16.0. The summed E-state index contributed by atoms with van der Waals surface area (Å²) in [5.41, 5.74) is 0.829. The van der Waals surface area contributed by atoms with E-state index in [0.29, 0.717) is 17.2 Å². The first-order valence-electron chi connectivity index (χ1n) is 7.42. The maximum absolute atomic E-state index is 12.5. The van der Waals surface area contributed by atoms with Crippen LogP contribution >= 0.6 is 0 Å². The Hall–Kier alpha value is -2.95. The van der Waals surface area contributed by atoms with E-state index in [0.717, 1.165) is 10.3 Å². The quantitative estimate of drug-likeness (QED) is 0.776. The fourth-order valence-corrected chi connectivity index (χ4v) is 2.66. The Kier molecular flexibility index (Phi) is 3.93. The molecule has 1 unspecified atom stereocenters. The van der Waals surface area contributed by atoms with Crippen LogP contribution in [0.5, 0.6) is 11.8 Å². The van der Waals surface area contributed by atoms with E-state index in [2.05, 4.69) is 0 Å². The van der Waals surface area contributed by atoms with E-state index < -0.39 is 11.9 Å². The summed E-state index contributed by atoms with van der Waals surface area (Å²) in [5, 5.41) is 21.2. The fourth-order valence-electron chi connectivity index (χ4n) is 2.66. The molecule has 2 N–H and O–H groups in total. The summed E-state index contributed by atoms with van der Waals surface area (Å²) in [7, 11) is 0. The summed E-state index contributed by atoms with van der Waals surface area (Å²) in [6.45, 7) is 1.88. The zero-order chi connectivity index (χ0) is 16.4. The van der Waals surface area contributed by atoms with Gasteiger partial charge in [-0.05, 0) is 24.1 Å². The average Bonchev–Trinajstić information content (AvgIpc) is 2.82. The van der Waals surface area contributed by atoms with Crippen molar-refractivity contribution in [1.29, 1.82) is 0 Å². The average molecular weight is 311 g/mol. The van der Waals surface area contributed by atoms with Crippen molar-refractivity contribution in [3.8, 4) is 11.8 Å². The predicted molar refractivity (Wildman–Crippen MR) is 86.3 cm³/mol. The van der Waals surface area contributed by atoms with E-state index in [9.17, 15) is 15.0 Å². The van der Waals surface area contributed by atoms with Gasteiger partial charge >= 0.3 is 5.97 Å². The molecule has 3 aromatic rings. The number of carbonyl (C=O) groups excluding carboxylic acids is 1. The third kappa shape index (κ3) is 2.61. The van der Waals surface area contributed by atoms with Gasteiger partial charge in [-0.25, -0.2) is 4.79 Å². The van der Waals surface area contributed by atoms with Gasteiger partial charge in [-0.3, -0.25) is 0 Å². The molecule has 0 saturated carbocycles. The number of benzene rings is 2. The molecule has 118 valence electrons. The highest BCUT2D eigenvalue weighted by molar-refractivity contribution is 5.93. The van der Waals surface area contributed by atoms with Gasteiger partial charge in [0.25, 0.3) is 0 Å². The molecule has 0 aliphatic heterocycles. The second-order valence-electron chi connectivity index (χ2n) is 5.27. The van der Waals surface area contributed by atoms with E-state index >= 15 is 0 Å². The summed E-state index contributed by atoms with van der Waals surface area (Å²) in [5.74, 6) is -1.60. The largest absolute Gasteiger partial charge is 0.492 e. The van der Waals surface area contributed by atoms with Gasteiger partial charge in [0.15, 0.2) is 0 Å². The molecular weight excluding hydrogens is 294 g/mol. The highest BCUT2D eigenvalue weighted by atomic mass is 16.7. The van der Waals surface area contributed by atoms with Crippen molar-refractivity contribution in [2.75, 3.05) is 0 Å². The van der Waals surface area contributed by atoms with Crippen molar-refractivity contribution in [2.24, 2.45) is 0 Å². The van der Waals surface area contributed by atoms with Crippen LogP contribution in [-0.4, -0.2) is 20.9 Å². The highest BCUT2D eigenvalue weighted by Crippen LogP contribution is 2.35. The highest BCUT2D eigenvalue weighted by Gasteiger charge is 2.25. The van der Waals surface area contributed by atoms with E-state index in [1.807, 2.05) is 37.3 Å². The van der Waals surface area contributed by atoms with Crippen molar-refractivity contribution in [3.05, 3.63) is 60.2 Å². The Bertz CT molecular complexity index is 800. The zero-order valence-electron chi connectivity index (χ0n) is 12.6. The molecule has 1 atom stereocenters. The van der Waals surface area contributed by atoms with Crippen molar-refractivity contribution < 1.29 is 19.8 Å². The Labute approximate surface area is 133 Å². The number of hydrogen-bond acceptors (Lipinski definition) is 4. The Morgan fingerprint density at radius 1 is 1.00 bits per heavy atom. The first-order valence-corrected chi connectivity index (χ1v) is 7.42. The van der Waals surface area contributed by atoms with Crippen LogP contribution in [0.4, 0.5) is 0 Å². The molecule has 0 aliphatic rings. The van der Waals surface area contributed by atoms with Gasteiger partial charge in [0.2, 0.25) is 11.8 Å². The normalized spacial score (nSPS) is 12.2. The van der Waals surface area contributed by atoms with Crippen LogP contribution in [0.3, 0.4) is 0 Å². The third-order valence-corrected chi connectivity index (χ3v) is 3.87. The molecule has 0 amide bonds. The molecule has 0 spiro atoms. The molecule has 5 heteroatoms. The molecule has 1 aromatic heterocycles. The molecule has 2 aromatic carbocycles. The lowest BCUT2D eigenvalue weighted by atomic mass is 9.97. The number of fused-ring (bicyclic) bond motifs is 1. The van der Waals surface area contributed by atoms with Gasteiger partial charge in [0.1, 0.15) is 0 Å². The van der Waals surface area contributed by atoms with Gasteiger partial charge < -0.3 is 15.1 Å². The van der Waals surface area contributed by atoms with Gasteiger partial charge in [0.05, 0.1) is 16.7 Å². The number of hydrogen-bond donors (Lipinski definition) is 2. The SMILES string of the molecule is CCC(C(=O)On1c(O)c2ccccc2c1O)c1ccccc1. The van der Waals surface area contributed by atoms with Crippen molar-refractivity contribution in [3.63, 3.8) is 0 Å². The molecule has 0 radical (unpaired) electrons. The van der Waals surface area contributed by atoms with Crippen LogP contribution in [-0.2, 0) is 4.79 Å². The van der Waals surface area contributed by atoms with E-state index in [1.54, 1.807) is 24.3 Å². The second kappa shape index (κ2) is 6.04. The van der Waals surface area contributed by atoms with Crippen LogP contribution in [0.2, 0.25) is 0 Å². The first kappa shape index (κ1) is 15.0. The minimum absolute atomic E-state index is 0.297. The molecule has 0 saturated heterocycles. The van der Waals surface area contributed by atoms with Gasteiger partial charge in [-0.2, -0.15) is 0 Å². The molecule has 0 bridgehead atoms. The van der Waals surface area contributed by atoms with Gasteiger partial charge in [-0.15, -0.1) is 4.73 Å². The topological polar surface area (TPSA) is 71.7 Å². The fraction of sp³-hybridized carbons (Fsp3) is 0.167. The maximum Gasteiger partial charge on any atom is 0.340 e. The predicted octanol–water partition coefficient (Wildman–Crippen LogP) is 3.20. The van der Waals surface area contributed by atoms with E-state index in [4.69, 9.17) is 4.84 Å². The van der Waals surface area contributed by atoms with Crippen LogP contribution in [0, 0.1) is 0 Å². The first-order chi connectivity index (χ1) is 11.1. The summed E-state index contributed by atoms with van der Waals surface area (Å²) < 4.78 is 0.776. The lowest BCUT2D eigenvalue weighted by molar-refractivity contribution is -0.147. The minimum Gasteiger partial charge on any atom is -0.492 e. The number of carbonyl (C=O) groups is 1. The van der Waals surface area contributed by atoms with Crippen molar-refractivity contribution in [1.82, 2.24) is 4.73 Å². The van der Waals surface area contributed by atoms with Crippen LogP contribution in [0.15, 0.2) is 54.6 Å². The summed E-state index contributed by atoms with van der Waals surface area (Å²) in [6.07, 6.45) is 0.547. The molecule has 5 nitrogen and oxygen atoms in total. The Balaban J connectivity index is 1.94. The molecule has 0 aliphatic carbocycles. The second-order valence-corrected chi connectivity index (χ2v) is 5.27. The Morgan fingerprint density at radius 3 is 2.04 bits per heavy atom. The molecule has 1 heterocycles. The van der Waals surface area contributed by atoms with E-state index in [1.165, 1.54) is 0 Å². The minimum atomic E-state index is -0.537. The van der Waals surface area contributed by atoms with Gasteiger partial charge in [0, 0.05) is 0 Å². The van der Waals surface area contributed by atoms with Crippen LogP contribution in [0.1, 0.15) is 24.8 Å². The standard InChI is InChI=1S/C18H17NO4/c1-2-13(12-8-4-3-5-9-12)18(22)23-19-16(20)14-10-6-7-11-15(14)17(19)21/h3-11,13,20-21H,2H2,1H3. The smallest absolute Gasteiger partial charge is 0.340 e. The monoisotopic (exact) mass is 311 g/mol.